The number of carbonyl (C=O) groups is 1. The standard InChI is InChI=1S/C25H22N4O4S/c30-25(18-7-10-21(22(16-18)29(31)32)28-11-13-33-14-12-28)26-19-8-5-17(6-9-19)15-24-27-20-3-1-2-4-23(20)34-24/h1-10,16H,11-15H2,(H,26,30). The smallest absolute Gasteiger partial charge is 0.293 e. The molecule has 2 heterocycles. The molecule has 0 aliphatic carbocycles. The molecule has 1 N–H and O–H groups in total. The zero-order valence-electron chi connectivity index (χ0n) is 18.3. The van der Waals surface area contributed by atoms with Crippen molar-refractivity contribution in [3.05, 3.63) is 93.0 Å². The van der Waals surface area contributed by atoms with E-state index in [4.69, 9.17) is 4.74 Å². The number of aromatic nitrogens is 1. The highest BCUT2D eigenvalue weighted by Crippen LogP contribution is 2.30. The van der Waals surface area contributed by atoms with Crippen molar-refractivity contribution >= 4 is 44.5 Å². The average Bonchev–Trinajstić information content (AvgIpc) is 3.27. The number of nitrogens with zero attached hydrogens (tertiary/aromatic N) is 3. The van der Waals surface area contributed by atoms with Gasteiger partial charge in [0.1, 0.15) is 5.69 Å². The van der Waals surface area contributed by atoms with Gasteiger partial charge in [0, 0.05) is 36.8 Å². The maximum atomic E-state index is 12.8. The van der Waals surface area contributed by atoms with Crippen LogP contribution in [0.15, 0.2) is 66.7 Å². The van der Waals surface area contributed by atoms with Gasteiger partial charge in [0.2, 0.25) is 0 Å². The van der Waals surface area contributed by atoms with Gasteiger partial charge in [-0.1, -0.05) is 24.3 Å². The molecule has 34 heavy (non-hydrogen) atoms. The molecule has 9 heteroatoms. The first-order valence-corrected chi connectivity index (χ1v) is 11.7. The topological polar surface area (TPSA) is 97.6 Å². The van der Waals surface area contributed by atoms with Gasteiger partial charge in [-0.15, -0.1) is 11.3 Å². The number of thiazole rings is 1. The van der Waals surface area contributed by atoms with Crippen molar-refractivity contribution in [2.75, 3.05) is 36.5 Å². The van der Waals surface area contributed by atoms with Crippen LogP contribution in [0.3, 0.4) is 0 Å². The van der Waals surface area contributed by atoms with Gasteiger partial charge in [-0.3, -0.25) is 14.9 Å². The molecule has 1 saturated heterocycles. The number of para-hydroxylation sites is 1. The van der Waals surface area contributed by atoms with Crippen LogP contribution in [0.2, 0.25) is 0 Å². The third kappa shape index (κ3) is 4.75. The lowest BCUT2D eigenvalue weighted by Crippen LogP contribution is -2.36. The number of amides is 1. The quantitative estimate of drug-likeness (QED) is 0.316. The monoisotopic (exact) mass is 474 g/mol. The van der Waals surface area contributed by atoms with E-state index in [1.165, 1.54) is 6.07 Å². The van der Waals surface area contributed by atoms with Crippen LogP contribution in [0, 0.1) is 10.1 Å². The van der Waals surface area contributed by atoms with Gasteiger partial charge in [0.25, 0.3) is 11.6 Å². The normalized spacial score (nSPS) is 13.7. The van der Waals surface area contributed by atoms with Gasteiger partial charge in [-0.05, 0) is 42.0 Å². The van der Waals surface area contributed by atoms with Crippen LogP contribution < -0.4 is 10.2 Å². The van der Waals surface area contributed by atoms with Crippen LogP contribution in [0.5, 0.6) is 0 Å². The molecule has 4 aromatic rings. The Kier molecular flexibility index (Phi) is 6.20. The van der Waals surface area contributed by atoms with Crippen molar-refractivity contribution in [1.82, 2.24) is 4.98 Å². The number of carbonyl (C=O) groups excluding carboxylic acids is 1. The second kappa shape index (κ2) is 9.58. The summed E-state index contributed by atoms with van der Waals surface area (Å²) in [4.78, 5) is 30.6. The van der Waals surface area contributed by atoms with Crippen LogP contribution in [0.25, 0.3) is 10.2 Å². The second-order valence-electron chi connectivity index (χ2n) is 7.96. The number of morpholine rings is 1. The molecule has 172 valence electrons. The summed E-state index contributed by atoms with van der Waals surface area (Å²) in [5, 5.41) is 15.5. The van der Waals surface area contributed by atoms with E-state index < -0.39 is 10.8 Å². The average molecular weight is 475 g/mol. The van der Waals surface area contributed by atoms with Crippen LogP contribution in [-0.4, -0.2) is 42.1 Å². The van der Waals surface area contributed by atoms with E-state index in [2.05, 4.69) is 16.4 Å². The van der Waals surface area contributed by atoms with Gasteiger partial charge < -0.3 is 15.0 Å². The van der Waals surface area contributed by atoms with Gasteiger partial charge >= 0.3 is 0 Å². The predicted molar refractivity (Wildman–Crippen MR) is 133 cm³/mol. The van der Waals surface area contributed by atoms with Crippen molar-refractivity contribution in [1.29, 1.82) is 0 Å². The molecule has 0 spiro atoms. The molecule has 3 aromatic carbocycles. The fourth-order valence-corrected chi connectivity index (χ4v) is 4.96. The summed E-state index contributed by atoms with van der Waals surface area (Å²) in [7, 11) is 0. The molecular formula is C25H22N4O4S. The Morgan fingerprint density at radius 2 is 1.85 bits per heavy atom. The summed E-state index contributed by atoms with van der Waals surface area (Å²) < 4.78 is 6.49. The molecule has 5 rings (SSSR count). The number of hydrogen-bond acceptors (Lipinski definition) is 7. The van der Waals surface area contributed by atoms with E-state index in [9.17, 15) is 14.9 Å². The Bertz CT molecular complexity index is 1310. The van der Waals surface area contributed by atoms with Crippen LogP contribution in [0.4, 0.5) is 17.1 Å². The van der Waals surface area contributed by atoms with E-state index in [0.717, 1.165) is 20.8 Å². The second-order valence-corrected chi connectivity index (χ2v) is 9.08. The van der Waals surface area contributed by atoms with Crippen molar-refractivity contribution in [3.63, 3.8) is 0 Å². The number of benzene rings is 3. The molecule has 0 bridgehead atoms. The molecule has 1 amide bonds. The molecule has 0 saturated carbocycles. The number of fused-ring (bicyclic) bond motifs is 1. The Morgan fingerprint density at radius 1 is 1.09 bits per heavy atom. The number of nitrogens with one attached hydrogen (secondary N) is 1. The van der Waals surface area contributed by atoms with E-state index in [-0.39, 0.29) is 11.3 Å². The largest absolute Gasteiger partial charge is 0.378 e. The van der Waals surface area contributed by atoms with E-state index in [1.54, 1.807) is 23.5 Å². The minimum atomic E-state index is -0.446. The fraction of sp³-hybridized carbons (Fsp3) is 0.200. The number of nitro groups is 1. The van der Waals surface area contributed by atoms with Gasteiger partial charge in [0.05, 0.1) is 33.4 Å². The van der Waals surface area contributed by atoms with Crippen LogP contribution >= 0.6 is 11.3 Å². The van der Waals surface area contributed by atoms with Crippen LogP contribution in [-0.2, 0) is 11.2 Å². The first-order valence-electron chi connectivity index (χ1n) is 10.9. The van der Waals surface area contributed by atoms with Gasteiger partial charge in [-0.2, -0.15) is 0 Å². The molecule has 1 aliphatic heterocycles. The highest BCUT2D eigenvalue weighted by Gasteiger charge is 2.23. The summed E-state index contributed by atoms with van der Waals surface area (Å²) >= 11 is 1.67. The summed E-state index contributed by atoms with van der Waals surface area (Å²) in [6, 6.07) is 20.2. The zero-order valence-corrected chi connectivity index (χ0v) is 19.1. The van der Waals surface area contributed by atoms with Crippen molar-refractivity contribution in [2.24, 2.45) is 0 Å². The maximum Gasteiger partial charge on any atom is 0.293 e. The maximum absolute atomic E-state index is 12.8. The van der Waals surface area contributed by atoms with E-state index >= 15 is 0 Å². The highest BCUT2D eigenvalue weighted by molar-refractivity contribution is 7.18. The minimum absolute atomic E-state index is 0.0827. The fourth-order valence-electron chi connectivity index (χ4n) is 3.96. The SMILES string of the molecule is O=C(Nc1ccc(Cc2nc3ccccc3s2)cc1)c1ccc(N2CCOCC2)c([N+](=O)[O-])c1. The van der Waals surface area contributed by atoms with Crippen molar-refractivity contribution in [2.45, 2.75) is 6.42 Å². The summed E-state index contributed by atoms with van der Waals surface area (Å²) in [6.45, 7) is 2.20. The first-order chi connectivity index (χ1) is 16.6. The number of ether oxygens (including phenoxy) is 1. The zero-order chi connectivity index (χ0) is 23.5. The number of nitro benzene ring substituents is 1. The Hall–Kier alpha value is -3.82. The third-order valence-electron chi connectivity index (χ3n) is 5.69. The lowest BCUT2D eigenvalue weighted by molar-refractivity contribution is -0.384. The first kappa shape index (κ1) is 22.0. The summed E-state index contributed by atoms with van der Waals surface area (Å²) in [5.74, 6) is -0.393. The molecule has 1 fully saturated rings. The molecule has 1 aromatic heterocycles. The lowest BCUT2D eigenvalue weighted by atomic mass is 10.1. The third-order valence-corrected chi connectivity index (χ3v) is 6.73. The predicted octanol–water partition coefficient (Wildman–Crippen LogP) is 4.88. The number of anilines is 2. The molecule has 8 nitrogen and oxygen atoms in total. The molecule has 0 unspecified atom stereocenters. The van der Waals surface area contributed by atoms with Gasteiger partial charge in [-0.25, -0.2) is 4.98 Å². The summed E-state index contributed by atoms with van der Waals surface area (Å²) in [5.41, 5.74) is 3.37. The number of rotatable bonds is 6. The Balaban J connectivity index is 1.28. The van der Waals surface area contributed by atoms with Crippen LogP contribution in [0.1, 0.15) is 20.9 Å². The van der Waals surface area contributed by atoms with Gasteiger partial charge in [0.15, 0.2) is 0 Å². The Morgan fingerprint density at radius 3 is 2.59 bits per heavy atom. The highest BCUT2D eigenvalue weighted by atomic mass is 32.1. The van der Waals surface area contributed by atoms with E-state index in [0.29, 0.717) is 44.1 Å². The number of hydrogen-bond donors (Lipinski definition) is 1. The van der Waals surface area contributed by atoms with Crippen molar-refractivity contribution in [3.8, 4) is 0 Å². The van der Waals surface area contributed by atoms with E-state index in [1.807, 2.05) is 47.4 Å². The Labute approximate surface area is 200 Å². The molecule has 1 aliphatic rings. The van der Waals surface area contributed by atoms with Crippen molar-refractivity contribution < 1.29 is 14.5 Å². The molecular weight excluding hydrogens is 452 g/mol. The minimum Gasteiger partial charge on any atom is -0.378 e. The lowest BCUT2D eigenvalue weighted by Gasteiger charge is -2.28. The molecule has 0 radical (unpaired) electrons. The molecule has 0 atom stereocenters. The summed E-state index contributed by atoms with van der Waals surface area (Å²) in [6.07, 6.45) is 0.711.